The molecule has 120 valence electrons. The van der Waals surface area contributed by atoms with Crippen LogP contribution in [0.3, 0.4) is 0 Å². The number of carbonyl (C=O) groups is 1. The van der Waals surface area contributed by atoms with Crippen LogP contribution < -0.4 is 10.9 Å². The summed E-state index contributed by atoms with van der Waals surface area (Å²) >= 11 is 0. The summed E-state index contributed by atoms with van der Waals surface area (Å²) in [5.74, 6) is -0.244. The van der Waals surface area contributed by atoms with Gasteiger partial charge >= 0.3 is 0 Å². The molecule has 3 rings (SSSR count). The molecule has 1 aliphatic rings. The Hall–Kier alpha value is -2.43. The molecule has 4 nitrogen and oxygen atoms in total. The van der Waals surface area contributed by atoms with E-state index in [-0.39, 0.29) is 29.2 Å². The maximum absolute atomic E-state index is 14.0. The van der Waals surface area contributed by atoms with Crippen LogP contribution in [0, 0.1) is 11.7 Å². The van der Waals surface area contributed by atoms with Gasteiger partial charge in [-0.2, -0.15) is 0 Å². The lowest BCUT2D eigenvalue weighted by molar-refractivity contribution is 0.0918. The lowest BCUT2D eigenvalue weighted by atomic mass is 9.80. The number of aryl methyl sites for hydroxylation is 1. The molecule has 1 heterocycles. The second-order valence-electron chi connectivity index (χ2n) is 6.14. The van der Waals surface area contributed by atoms with Gasteiger partial charge in [-0.15, -0.1) is 0 Å². The van der Waals surface area contributed by atoms with Crippen molar-refractivity contribution in [3.63, 3.8) is 0 Å². The van der Waals surface area contributed by atoms with Crippen LogP contribution in [-0.4, -0.2) is 10.5 Å². The van der Waals surface area contributed by atoms with Gasteiger partial charge in [0.25, 0.3) is 5.91 Å². The first kappa shape index (κ1) is 15.5. The monoisotopic (exact) mass is 314 g/mol. The topological polar surface area (TPSA) is 51.1 Å². The molecule has 1 aromatic heterocycles. The minimum absolute atomic E-state index is 0.167. The molecule has 1 aliphatic carbocycles. The van der Waals surface area contributed by atoms with Crippen molar-refractivity contribution in [2.45, 2.75) is 25.8 Å². The molecule has 0 spiro atoms. The normalized spacial score (nSPS) is 20.0. The fourth-order valence-corrected chi connectivity index (χ4v) is 3.15. The number of hydrogen-bond acceptors (Lipinski definition) is 2. The first-order valence-corrected chi connectivity index (χ1v) is 7.72. The average molecular weight is 314 g/mol. The van der Waals surface area contributed by atoms with Crippen LogP contribution in [0.4, 0.5) is 4.39 Å². The van der Waals surface area contributed by atoms with Crippen LogP contribution in [0.2, 0.25) is 0 Å². The fraction of sp³-hybridized carbons (Fsp3) is 0.333. The summed E-state index contributed by atoms with van der Waals surface area (Å²) in [6, 6.07) is 7.67. The summed E-state index contributed by atoms with van der Waals surface area (Å²) < 4.78 is 15.3. The molecule has 0 bridgehead atoms. The Balaban J connectivity index is 1.90. The zero-order valence-corrected chi connectivity index (χ0v) is 13.2. The van der Waals surface area contributed by atoms with Gasteiger partial charge in [0.2, 0.25) is 5.56 Å². The molecule has 0 saturated heterocycles. The van der Waals surface area contributed by atoms with E-state index in [1.165, 1.54) is 29.0 Å². The van der Waals surface area contributed by atoms with Gasteiger partial charge in [-0.25, -0.2) is 4.39 Å². The van der Waals surface area contributed by atoms with E-state index in [1.807, 2.05) is 6.07 Å². The van der Waals surface area contributed by atoms with Crippen LogP contribution in [0.25, 0.3) is 0 Å². The zero-order valence-electron chi connectivity index (χ0n) is 13.2. The Morgan fingerprint density at radius 1 is 1.30 bits per heavy atom. The Bertz CT molecular complexity index is 813. The van der Waals surface area contributed by atoms with Crippen LogP contribution in [0.15, 0.2) is 41.3 Å². The SMILES string of the molecule is C[C@H]1CCc2c(F)cccc2[C@@H]1NC(=O)c1ccc(=O)n(C)c1. The molecule has 2 aromatic rings. The van der Waals surface area contributed by atoms with Crippen LogP contribution in [-0.2, 0) is 13.5 Å². The third kappa shape index (κ3) is 2.91. The average Bonchev–Trinajstić information content (AvgIpc) is 2.53. The molecule has 1 aromatic carbocycles. The predicted octanol–water partition coefficient (Wildman–Crippen LogP) is 2.58. The number of nitrogens with one attached hydrogen (secondary N) is 1. The highest BCUT2D eigenvalue weighted by Crippen LogP contribution is 2.35. The van der Waals surface area contributed by atoms with Crippen molar-refractivity contribution in [1.82, 2.24) is 9.88 Å². The van der Waals surface area contributed by atoms with E-state index in [0.29, 0.717) is 17.5 Å². The molecule has 5 heteroatoms. The van der Waals surface area contributed by atoms with Gasteiger partial charge in [0, 0.05) is 19.3 Å². The maximum Gasteiger partial charge on any atom is 0.253 e. The smallest absolute Gasteiger partial charge is 0.253 e. The molecule has 1 N–H and O–H groups in total. The van der Waals surface area contributed by atoms with Gasteiger partial charge in [0.15, 0.2) is 0 Å². The van der Waals surface area contributed by atoms with Crippen molar-refractivity contribution in [1.29, 1.82) is 0 Å². The maximum atomic E-state index is 14.0. The number of nitrogens with zero attached hydrogens (tertiary/aromatic N) is 1. The Labute approximate surface area is 134 Å². The zero-order chi connectivity index (χ0) is 16.6. The quantitative estimate of drug-likeness (QED) is 0.926. The third-order valence-electron chi connectivity index (χ3n) is 4.54. The largest absolute Gasteiger partial charge is 0.345 e. The Kier molecular flexibility index (Phi) is 4.03. The number of rotatable bonds is 2. The van der Waals surface area contributed by atoms with Crippen molar-refractivity contribution in [2.75, 3.05) is 0 Å². The Morgan fingerprint density at radius 3 is 2.83 bits per heavy atom. The molecular formula is C18H19FN2O2. The highest BCUT2D eigenvalue weighted by molar-refractivity contribution is 5.94. The fourth-order valence-electron chi connectivity index (χ4n) is 3.15. The van der Waals surface area contributed by atoms with Crippen molar-refractivity contribution < 1.29 is 9.18 Å². The standard InChI is InChI=1S/C18H19FN2O2/c1-11-6-8-13-14(4-3-5-15(13)19)17(11)20-18(23)12-7-9-16(22)21(2)10-12/h3-5,7,9-11,17H,6,8H2,1-2H3,(H,20,23)/t11-,17+/m0/s1. The molecule has 0 saturated carbocycles. The molecular weight excluding hydrogens is 295 g/mol. The number of pyridine rings is 1. The summed E-state index contributed by atoms with van der Waals surface area (Å²) in [6.07, 6.45) is 3.03. The second kappa shape index (κ2) is 5.99. The highest BCUT2D eigenvalue weighted by atomic mass is 19.1. The van der Waals surface area contributed by atoms with E-state index < -0.39 is 0 Å². The summed E-state index contributed by atoms with van der Waals surface area (Å²) in [5.41, 5.74) is 1.79. The molecule has 0 radical (unpaired) electrons. The van der Waals surface area contributed by atoms with Crippen molar-refractivity contribution in [3.05, 3.63) is 69.4 Å². The third-order valence-corrected chi connectivity index (χ3v) is 4.54. The van der Waals surface area contributed by atoms with E-state index in [9.17, 15) is 14.0 Å². The van der Waals surface area contributed by atoms with Gasteiger partial charge < -0.3 is 9.88 Å². The van der Waals surface area contributed by atoms with Crippen molar-refractivity contribution in [3.8, 4) is 0 Å². The van der Waals surface area contributed by atoms with Gasteiger partial charge in [-0.05, 0) is 42.0 Å². The van der Waals surface area contributed by atoms with Gasteiger partial charge in [0.1, 0.15) is 5.82 Å². The number of aromatic nitrogens is 1. The van der Waals surface area contributed by atoms with Gasteiger partial charge in [-0.1, -0.05) is 19.1 Å². The van der Waals surface area contributed by atoms with Crippen LogP contribution in [0.1, 0.15) is 40.9 Å². The van der Waals surface area contributed by atoms with E-state index in [4.69, 9.17) is 0 Å². The van der Waals surface area contributed by atoms with Gasteiger partial charge in [0.05, 0.1) is 11.6 Å². The van der Waals surface area contributed by atoms with E-state index in [1.54, 1.807) is 13.1 Å². The molecule has 0 fully saturated rings. The summed E-state index contributed by atoms with van der Waals surface area (Å²) in [5, 5.41) is 2.99. The van der Waals surface area contributed by atoms with E-state index >= 15 is 0 Å². The number of halogens is 1. The van der Waals surface area contributed by atoms with Crippen LogP contribution in [0.5, 0.6) is 0 Å². The second-order valence-corrected chi connectivity index (χ2v) is 6.14. The minimum Gasteiger partial charge on any atom is -0.345 e. The molecule has 0 unspecified atom stereocenters. The number of fused-ring (bicyclic) bond motifs is 1. The number of carbonyl (C=O) groups excluding carboxylic acids is 1. The lowest BCUT2D eigenvalue weighted by Gasteiger charge is -2.32. The minimum atomic E-state index is -0.255. The van der Waals surface area contributed by atoms with Crippen molar-refractivity contribution in [2.24, 2.45) is 13.0 Å². The van der Waals surface area contributed by atoms with Crippen molar-refractivity contribution >= 4 is 5.91 Å². The molecule has 2 atom stereocenters. The first-order valence-electron chi connectivity index (χ1n) is 7.72. The first-order chi connectivity index (χ1) is 11.0. The van der Waals surface area contributed by atoms with Crippen LogP contribution >= 0.6 is 0 Å². The highest BCUT2D eigenvalue weighted by Gasteiger charge is 2.29. The Morgan fingerprint density at radius 2 is 2.09 bits per heavy atom. The number of benzene rings is 1. The molecule has 0 aliphatic heterocycles. The number of amides is 1. The summed E-state index contributed by atoms with van der Waals surface area (Å²) in [6.45, 7) is 2.06. The number of hydrogen-bond donors (Lipinski definition) is 1. The predicted molar refractivity (Wildman–Crippen MR) is 85.8 cm³/mol. The van der Waals surface area contributed by atoms with E-state index in [2.05, 4.69) is 12.2 Å². The summed E-state index contributed by atoms with van der Waals surface area (Å²) in [4.78, 5) is 23.9. The van der Waals surface area contributed by atoms with E-state index in [0.717, 1.165) is 12.0 Å². The molecule has 23 heavy (non-hydrogen) atoms. The van der Waals surface area contributed by atoms with Gasteiger partial charge in [-0.3, -0.25) is 9.59 Å². The lowest BCUT2D eigenvalue weighted by Crippen LogP contribution is -2.36. The summed E-state index contributed by atoms with van der Waals surface area (Å²) in [7, 11) is 1.60. The molecule has 1 amide bonds.